The molecule has 0 amide bonds. The zero-order valence-electron chi connectivity index (χ0n) is 14.7. The van der Waals surface area contributed by atoms with Crippen molar-refractivity contribution in [1.29, 1.82) is 0 Å². The average Bonchev–Trinajstić information content (AvgIpc) is 2.49. The molecule has 2 aliphatic rings. The van der Waals surface area contributed by atoms with Crippen LogP contribution in [0.2, 0.25) is 0 Å². The molecule has 1 N–H and O–H groups in total. The Morgan fingerprint density at radius 2 is 1.76 bits per heavy atom. The van der Waals surface area contributed by atoms with Crippen LogP contribution in [0.25, 0.3) is 0 Å². The summed E-state index contributed by atoms with van der Waals surface area (Å²) in [5.74, 6) is 1.27. The van der Waals surface area contributed by atoms with E-state index in [4.69, 9.17) is 4.74 Å². The third-order valence-corrected chi connectivity index (χ3v) is 6.27. The van der Waals surface area contributed by atoms with E-state index in [1.54, 1.807) is 0 Å². The monoisotopic (exact) mass is 296 g/mol. The van der Waals surface area contributed by atoms with Crippen molar-refractivity contribution in [2.75, 3.05) is 6.61 Å². The maximum Gasteiger partial charge on any atom is 0.0943 e. The first-order valence-corrected chi connectivity index (χ1v) is 9.24. The first-order valence-electron chi connectivity index (χ1n) is 9.24. The van der Waals surface area contributed by atoms with E-state index >= 15 is 0 Å². The van der Waals surface area contributed by atoms with Gasteiger partial charge in [0.05, 0.1) is 11.7 Å². The predicted molar refractivity (Wildman–Crippen MR) is 88.4 cm³/mol. The molecule has 2 nitrogen and oxygen atoms in total. The number of aliphatic hydroxyl groups excluding tert-OH is 1. The Labute approximate surface area is 131 Å². The molecule has 2 aliphatic carbocycles. The van der Waals surface area contributed by atoms with Crippen LogP contribution in [0.1, 0.15) is 85.5 Å². The van der Waals surface area contributed by atoms with Crippen LogP contribution >= 0.6 is 0 Å². The lowest BCUT2D eigenvalue weighted by Gasteiger charge is -2.49. The van der Waals surface area contributed by atoms with E-state index < -0.39 is 0 Å². The van der Waals surface area contributed by atoms with Crippen LogP contribution < -0.4 is 0 Å². The summed E-state index contributed by atoms with van der Waals surface area (Å²) in [6, 6.07) is 0. The Hall–Kier alpha value is -0.0800. The first-order chi connectivity index (χ1) is 9.92. The van der Waals surface area contributed by atoms with Gasteiger partial charge in [-0.1, -0.05) is 40.0 Å². The molecule has 2 fully saturated rings. The number of hydrogen-bond donors (Lipinski definition) is 1. The maximum absolute atomic E-state index is 11.1. The maximum atomic E-state index is 11.1. The van der Waals surface area contributed by atoms with E-state index in [1.165, 1.54) is 44.9 Å². The summed E-state index contributed by atoms with van der Waals surface area (Å²) in [6.45, 7) is 9.79. The smallest absolute Gasteiger partial charge is 0.0943 e. The van der Waals surface area contributed by atoms with Crippen LogP contribution in [0.15, 0.2) is 0 Å². The zero-order valence-corrected chi connectivity index (χ0v) is 14.7. The van der Waals surface area contributed by atoms with E-state index in [2.05, 4.69) is 27.7 Å². The van der Waals surface area contributed by atoms with Crippen LogP contribution in [-0.2, 0) is 4.74 Å². The van der Waals surface area contributed by atoms with Gasteiger partial charge in [0, 0.05) is 6.61 Å². The molecule has 0 aromatic rings. The highest BCUT2D eigenvalue weighted by molar-refractivity contribution is 4.98. The molecule has 2 heteroatoms. The summed E-state index contributed by atoms with van der Waals surface area (Å²) in [5.41, 5.74) is 0.156. The molecule has 2 saturated carbocycles. The molecule has 0 saturated heterocycles. The molecule has 124 valence electrons. The van der Waals surface area contributed by atoms with Crippen molar-refractivity contribution in [2.24, 2.45) is 17.3 Å². The summed E-state index contributed by atoms with van der Waals surface area (Å²) in [4.78, 5) is 0. The minimum absolute atomic E-state index is 0.259. The van der Waals surface area contributed by atoms with Gasteiger partial charge in [-0.2, -0.15) is 0 Å². The van der Waals surface area contributed by atoms with Crippen LogP contribution in [0.4, 0.5) is 0 Å². The molecule has 2 rings (SSSR count). The largest absolute Gasteiger partial charge is 0.390 e. The fourth-order valence-corrected chi connectivity index (χ4v) is 4.58. The molecule has 0 bridgehead atoms. The second-order valence-corrected chi connectivity index (χ2v) is 8.31. The minimum atomic E-state index is -0.261. The van der Waals surface area contributed by atoms with Crippen molar-refractivity contribution in [3.8, 4) is 0 Å². The Morgan fingerprint density at radius 1 is 1.10 bits per heavy atom. The third-order valence-electron chi connectivity index (χ3n) is 6.27. The van der Waals surface area contributed by atoms with Crippen LogP contribution in [0.5, 0.6) is 0 Å². The first kappa shape index (κ1) is 17.3. The number of ether oxygens (including phenoxy) is 1. The lowest BCUT2D eigenvalue weighted by molar-refractivity contribution is -0.172. The molecule has 0 aromatic heterocycles. The van der Waals surface area contributed by atoms with Crippen molar-refractivity contribution in [3.05, 3.63) is 0 Å². The molecule has 0 radical (unpaired) electrons. The van der Waals surface area contributed by atoms with Gasteiger partial charge in [0.1, 0.15) is 0 Å². The molecule has 0 aliphatic heterocycles. The minimum Gasteiger partial charge on any atom is -0.390 e. The van der Waals surface area contributed by atoms with Crippen LogP contribution in [-0.4, -0.2) is 23.4 Å². The molecule has 0 heterocycles. The Bertz CT molecular complexity index is 314. The molecular formula is C19H36O2. The van der Waals surface area contributed by atoms with Gasteiger partial charge in [-0.15, -0.1) is 0 Å². The highest BCUT2D eigenvalue weighted by atomic mass is 16.5. The molecule has 3 atom stereocenters. The molecule has 0 aromatic carbocycles. The van der Waals surface area contributed by atoms with E-state index in [1.807, 2.05) is 0 Å². The summed E-state index contributed by atoms with van der Waals surface area (Å²) < 4.78 is 6.20. The summed E-state index contributed by atoms with van der Waals surface area (Å²) in [5, 5.41) is 11.1. The van der Waals surface area contributed by atoms with E-state index in [0.717, 1.165) is 25.4 Å². The second kappa shape index (κ2) is 7.00. The van der Waals surface area contributed by atoms with Gasteiger partial charge >= 0.3 is 0 Å². The van der Waals surface area contributed by atoms with Crippen molar-refractivity contribution < 1.29 is 9.84 Å². The van der Waals surface area contributed by atoms with E-state index in [-0.39, 0.29) is 11.7 Å². The predicted octanol–water partition coefficient (Wildman–Crippen LogP) is 4.94. The van der Waals surface area contributed by atoms with Gasteiger partial charge in [0.15, 0.2) is 0 Å². The van der Waals surface area contributed by atoms with Crippen molar-refractivity contribution in [1.82, 2.24) is 0 Å². The highest BCUT2D eigenvalue weighted by Gasteiger charge is 2.47. The second-order valence-electron chi connectivity index (χ2n) is 8.31. The topological polar surface area (TPSA) is 29.5 Å². The Kier molecular flexibility index (Phi) is 5.76. The molecule has 0 spiro atoms. The fourth-order valence-electron chi connectivity index (χ4n) is 4.58. The number of aliphatic hydroxyl groups is 1. The third kappa shape index (κ3) is 4.01. The summed E-state index contributed by atoms with van der Waals surface area (Å²) >= 11 is 0. The zero-order chi connectivity index (χ0) is 15.5. The van der Waals surface area contributed by atoms with Crippen molar-refractivity contribution in [2.45, 2.75) is 97.2 Å². The quantitative estimate of drug-likeness (QED) is 0.778. The van der Waals surface area contributed by atoms with Crippen LogP contribution in [0, 0.1) is 17.3 Å². The van der Waals surface area contributed by atoms with Gasteiger partial charge in [-0.25, -0.2) is 0 Å². The Morgan fingerprint density at radius 3 is 2.33 bits per heavy atom. The highest BCUT2D eigenvalue weighted by Crippen LogP contribution is 2.47. The number of rotatable bonds is 5. The van der Waals surface area contributed by atoms with Gasteiger partial charge in [-0.05, 0) is 62.7 Å². The molecular weight excluding hydrogens is 260 g/mol. The van der Waals surface area contributed by atoms with Crippen molar-refractivity contribution >= 4 is 0 Å². The van der Waals surface area contributed by atoms with Gasteiger partial charge in [-0.3, -0.25) is 0 Å². The van der Waals surface area contributed by atoms with Crippen molar-refractivity contribution in [3.63, 3.8) is 0 Å². The molecule has 3 unspecified atom stereocenters. The van der Waals surface area contributed by atoms with Gasteiger partial charge in [0.2, 0.25) is 0 Å². The SMILES string of the molecule is CCOC1(C(O)C2CCCC(CC)C2)CCC(C)(C)CC1. The lowest BCUT2D eigenvalue weighted by atomic mass is 9.65. The fraction of sp³-hybridized carbons (Fsp3) is 1.00. The lowest BCUT2D eigenvalue weighted by Crippen LogP contribution is -2.52. The standard InChI is InChI=1S/C19H36O2/c1-5-15-8-7-9-16(14-15)17(20)19(21-6-2)12-10-18(3,4)11-13-19/h15-17,20H,5-14H2,1-4H3. The van der Waals surface area contributed by atoms with E-state index in [9.17, 15) is 5.11 Å². The Balaban J connectivity index is 2.06. The van der Waals surface area contributed by atoms with Gasteiger partial charge < -0.3 is 9.84 Å². The number of hydrogen-bond acceptors (Lipinski definition) is 2. The normalized spacial score (nSPS) is 33.6. The average molecular weight is 296 g/mol. The molecule has 21 heavy (non-hydrogen) atoms. The van der Waals surface area contributed by atoms with Gasteiger partial charge in [0.25, 0.3) is 0 Å². The summed E-state index contributed by atoms with van der Waals surface area (Å²) in [6.07, 6.45) is 10.4. The summed E-state index contributed by atoms with van der Waals surface area (Å²) in [7, 11) is 0. The van der Waals surface area contributed by atoms with E-state index in [0.29, 0.717) is 11.3 Å². The van der Waals surface area contributed by atoms with Crippen LogP contribution in [0.3, 0.4) is 0 Å².